The van der Waals surface area contributed by atoms with Gasteiger partial charge in [0.2, 0.25) is 5.91 Å². The molecule has 0 radical (unpaired) electrons. The molecule has 1 amide bonds. The fourth-order valence-electron chi connectivity index (χ4n) is 3.83. The molecule has 0 bridgehead atoms. The Hall–Kier alpha value is -3.16. The summed E-state index contributed by atoms with van der Waals surface area (Å²) in [5.41, 5.74) is 2.05. The minimum atomic E-state index is 0.0885. The molecule has 1 unspecified atom stereocenters. The molecule has 158 valence electrons. The standard InChI is InChI=1S/C22H27N5O3/c1-16-13-17(2)27(24-16)12-10-21(28)26-11-6-7-18(14-26)22-23-20(30-25-22)15-29-19-8-4-3-5-9-19/h3-5,8-9,13,18H,6-7,10-12,14-15H2,1-2H3. The Bertz CT molecular complexity index is 982. The Morgan fingerprint density at radius 3 is 2.87 bits per heavy atom. The number of aryl methyl sites for hydroxylation is 3. The number of nitrogens with zero attached hydrogens (tertiary/aromatic N) is 5. The molecule has 0 saturated carbocycles. The van der Waals surface area contributed by atoms with Crippen molar-refractivity contribution in [1.29, 1.82) is 0 Å². The number of amides is 1. The first-order valence-corrected chi connectivity index (χ1v) is 10.4. The van der Waals surface area contributed by atoms with Crippen LogP contribution in [0.2, 0.25) is 0 Å². The first-order chi connectivity index (χ1) is 14.6. The van der Waals surface area contributed by atoms with Crippen molar-refractivity contribution >= 4 is 5.91 Å². The highest BCUT2D eigenvalue weighted by Crippen LogP contribution is 2.25. The van der Waals surface area contributed by atoms with Crippen LogP contribution in [0, 0.1) is 13.8 Å². The maximum absolute atomic E-state index is 12.7. The van der Waals surface area contributed by atoms with Crippen LogP contribution in [-0.4, -0.2) is 43.8 Å². The Morgan fingerprint density at radius 2 is 2.10 bits per heavy atom. The topological polar surface area (TPSA) is 86.3 Å². The van der Waals surface area contributed by atoms with Gasteiger partial charge in [0.1, 0.15) is 5.75 Å². The molecular formula is C22H27N5O3. The predicted molar refractivity (Wildman–Crippen MR) is 110 cm³/mol. The molecule has 3 heterocycles. The first-order valence-electron chi connectivity index (χ1n) is 10.4. The summed E-state index contributed by atoms with van der Waals surface area (Å²) in [4.78, 5) is 19.1. The van der Waals surface area contributed by atoms with Gasteiger partial charge in [-0.25, -0.2) is 0 Å². The molecule has 0 spiro atoms. The van der Waals surface area contributed by atoms with Gasteiger partial charge < -0.3 is 14.2 Å². The predicted octanol–water partition coefficient (Wildman–Crippen LogP) is 3.26. The lowest BCUT2D eigenvalue weighted by atomic mass is 9.97. The normalized spacial score (nSPS) is 16.6. The van der Waals surface area contributed by atoms with Crippen molar-refractivity contribution in [1.82, 2.24) is 24.8 Å². The zero-order chi connectivity index (χ0) is 20.9. The van der Waals surface area contributed by atoms with Gasteiger partial charge in [-0.3, -0.25) is 9.48 Å². The molecule has 2 aromatic heterocycles. The van der Waals surface area contributed by atoms with Gasteiger partial charge in [0.25, 0.3) is 5.89 Å². The van der Waals surface area contributed by atoms with E-state index in [0.717, 1.165) is 36.5 Å². The minimum absolute atomic E-state index is 0.0885. The Kier molecular flexibility index (Phi) is 6.11. The third-order valence-corrected chi connectivity index (χ3v) is 5.37. The van der Waals surface area contributed by atoms with Crippen LogP contribution in [0.5, 0.6) is 5.75 Å². The summed E-state index contributed by atoms with van der Waals surface area (Å²) in [7, 11) is 0. The molecule has 0 aliphatic carbocycles. The molecule has 1 aliphatic heterocycles. The van der Waals surface area contributed by atoms with E-state index in [2.05, 4.69) is 15.2 Å². The third-order valence-electron chi connectivity index (χ3n) is 5.37. The monoisotopic (exact) mass is 409 g/mol. The summed E-state index contributed by atoms with van der Waals surface area (Å²) in [6, 6.07) is 11.6. The summed E-state index contributed by atoms with van der Waals surface area (Å²) in [6.45, 7) is 6.20. The molecule has 1 fully saturated rings. The van der Waals surface area contributed by atoms with Crippen LogP contribution in [0.1, 0.15) is 48.3 Å². The number of carbonyl (C=O) groups is 1. The average Bonchev–Trinajstić information content (AvgIpc) is 3.37. The zero-order valence-corrected chi connectivity index (χ0v) is 17.5. The van der Waals surface area contributed by atoms with Crippen molar-refractivity contribution in [2.45, 2.75) is 52.2 Å². The van der Waals surface area contributed by atoms with Crippen LogP contribution in [0.15, 0.2) is 40.9 Å². The third kappa shape index (κ3) is 4.87. The van der Waals surface area contributed by atoms with Crippen molar-refractivity contribution in [3.05, 3.63) is 59.5 Å². The van der Waals surface area contributed by atoms with E-state index in [9.17, 15) is 4.79 Å². The van der Waals surface area contributed by atoms with E-state index in [1.165, 1.54) is 0 Å². The molecular weight excluding hydrogens is 382 g/mol. The van der Waals surface area contributed by atoms with Crippen molar-refractivity contribution in [2.24, 2.45) is 0 Å². The fraction of sp³-hybridized carbons (Fsp3) is 0.455. The van der Waals surface area contributed by atoms with Crippen LogP contribution < -0.4 is 4.74 Å². The van der Waals surface area contributed by atoms with E-state index in [-0.39, 0.29) is 18.4 Å². The molecule has 8 nitrogen and oxygen atoms in total. The van der Waals surface area contributed by atoms with Crippen LogP contribution in [-0.2, 0) is 17.9 Å². The maximum Gasteiger partial charge on any atom is 0.264 e. The zero-order valence-electron chi connectivity index (χ0n) is 17.5. The molecule has 3 aromatic rings. The lowest BCUT2D eigenvalue weighted by molar-refractivity contribution is -0.132. The molecule has 4 rings (SSSR count). The number of aromatic nitrogens is 4. The number of benzene rings is 1. The highest BCUT2D eigenvalue weighted by Gasteiger charge is 2.28. The number of piperidine rings is 1. The second-order valence-electron chi connectivity index (χ2n) is 7.73. The second-order valence-corrected chi connectivity index (χ2v) is 7.73. The fourth-order valence-corrected chi connectivity index (χ4v) is 3.83. The highest BCUT2D eigenvalue weighted by molar-refractivity contribution is 5.76. The highest BCUT2D eigenvalue weighted by atomic mass is 16.5. The number of para-hydroxylation sites is 1. The smallest absolute Gasteiger partial charge is 0.264 e. The Morgan fingerprint density at radius 1 is 1.27 bits per heavy atom. The van der Waals surface area contributed by atoms with Crippen LogP contribution in [0.25, 0.3) is 0 Å². The van der Waals surface area contributed by atoms with Crippen molar-refractivity contribution < 1.29 is 14.1 Å². The van der Waals surface area contributed by atoms with E-state index in [1.54, 1.807) is 0 Å². The molecule has 0 N–H and O–H groups in total. The summed E-state index contributed by atoms with van der Waals surface area (Å²) in [6.07, 6.45) is 2.32. The average molecular weight is 409 g/mol. The summed E-state index contributed by atoms with van der Waals surface area (Å²) < 4.78 is 12.9. The van der Waals surface area contributed by atoms with Crippen LogP contribution >= 0.6 is 0 Å². The van der Waals surface area contributed by atoms with Crippen molar-refractivity contribution in [2.75, 3.05) is 13.1 Å². The van der Waals surface area contributed by atoms with Crippen LogP contribution in [0.4, 0.5) is 0 Å². The summed E-state index contributed by atoms with van der Waals surface area (Å²) in [5, 5.41) is 8.57. The number of likely N-dealkylation sites (tertiary alicyclic amines) is 1. The quantitative estimate of drug-likeness (QED) is 0.595. The lowest BCUT2D eigenvalue weighted by Gasteiger charge is -2.31. The number of hydrogen-bond acceptors (Lipinski definition) is 6. The Balaban J connectivity index is 1.30. The Labute approximate surface area is 175 Å². The summed E-state index contributed by atoms with van der Waals surface area (Å²) >= 11 is 0. The molecule has 1 aliphatic rings. The first kappa shape index (κ1) is 20.1. The van der Waals surface area contributed by atoms with Gasteiger partial charge in [0.15, 0.2) is 12.4 Å². The maximum atomic E-state index is 12.7. The number of ether oxygens (including phenoxy) is 1. The second kappa shape index (κ2) is 9.11. The number of carbonyl (C=O) groups excluding carboxylic acids is 1. The SMILES string of the molecule is Cc1cc(C)n(CCC(=O)N2CCCC(c3noc(COc4ccccc4)n3)C2)n1. The number of hydrogen-bond donors (Lipinski definition) is 0. The van der Waals surface area contributed by atoms with Gasteiger partial charge in [-0.1, -0.05) is 23.4 Å². The van der Waals surface area contributed by atoms with Gasteiger partial charge in [-0.2, -0.15) is 10.1 Å². The molecule has 30 heavy (non-hydrogen) atoms. The van der Waals surface area contributed by atoms with E-state index in [0.29, 0.717) is 31.2 Å². The molecule has 1 aromatic carbocycles. The minimum Gasteiger partial charge on any atom is -0.484 e. The summed E-state index contributed by atoms with van der Waals surface area (Å²) in [5.74, 6) is 2.09. The molecule has 1 atom stereocenters. The largest absolute Gasteiger partial charge is 0.484 e. The van der Waals surface area contributed by atoms with Crippen molar-refractivity contribution in [3.8, 4) is 5.75 Å². The molecule has 1 saturated heterocycles. The van der Waals surface area contributed by atoms with Gasteiger partial charge in [0.05, 0.1) is 5.69 Å². The van der Waals surface area contributed by atoms with Gasteiger partial charge in [-0.05, 0) is 44.9 Å². The van der Waals surface area contributed by atoms with E-state index in [4.69, 9.17) is 9.26 Å². The lowest BCUT2D eigenvalue weighted by Crippen LogP contribution is -2.39. The van der Waals surface area contributed by atoms with Crippen molar-refractivity contribution in [3.63, 3.8) is 0 Å². The van der Waals surface area contributed by atoms with Gasteiger partial charge in [0, 0.05) is 37.7 Å². The van der Waals surface area contributed by atoms with Crippen LogP contribution in [0.3, 0.4) is 0 Å². The van der Waals surface area contributed by atoms with E-state index >= 15 is 0 Å². The number of rotatable bonds is 7. The molecule has 8 heteroatoms. The van der Waals surface area contributed by atoms with Gasteiger partial charge >= 0.3 is 0 Å². The van der Waals surface area contributed by atoms with Gasteiger partial charge in [-0.15, -0.1) is 0 Å². The van der Waals surface area contributed by atoms with E-state index < -0.39 is 0 Å². The van der Waals surface area contributed by atoms with E-state index in [1.807, 2.05) is 59.8 Å².